The number of hydrogen-bond acceptors (Lipinski definition) is 7. The number of nitrogens with one attached hydrogen (secondary N) is 2. The van der Waals surface area contributed by atoms with Crippen molar-refractivity contribution < 1.29 is 14.3 Å². The zero-order valence-corrected chi connectivity index (χ0v) is 16.8. The number of thiophene rings is 1. The molecule has 0 aromatic carbocycles. The fourth-order valence-electron chi connectivity index (χ4n) is 2.98. The number of rotatable bonds is 6. The largest absolute Gasteiger partial charge is 0.462 e. The SMILES string of the molecule is CCOC(=O)c1c(NC(=O)CSc2nccc(=O)[nH]2)sc2c1CC[C@@H](C)C2. The summed E-state index contributed by atoms with van der Waals surface area (Å²) in [7, 11) is 0. The summed E-state index contributed by atoms with van der Waals surface area (Å²) in [6.45, 7) is 4.24. The summed E-state index contributed by atoms with van der Waals surface area (Å²) >= 11 is 2.59. The Balaban J connectivity index is 1.75. The van der Waals surface area contributed by atoms with Gasteiger partial charge in [0.2, 0.25) is 5.91 Å². The maximum atomic E-state index is 12.5. The van der Waals surface area contributed by atoms with E-state index in [1.165, 1.54) is 23.6 Å². The zero-order valence-electron chi connectivity index (χ0n) is 15.2. The van der Waals surface area contributed by atoms with Crippen molar-refractivity contribution in [2.45, 2.75) is 38.3 Å². The third-order valence-corrected chi connectivity index (χ3v) is 6.29. The molecule has 0 aliphatic heterocycles. The molecule has 0 fully saturated rings. The van der Waals surface area contributed by atoms with Gasteiger partial charge in [-0.2, -0.15) is 0 Å². The second-order valence-electron chi connectivity index (χ2n) is 6.35. The Labute approximate surface area is 164 Å². The molecule has 2 heterocycles. The van der Waals surface area contributed by atoms with Crippen LogP contribution in [0.4, 0.5) is 5.00 Å². The molecule has 9 heteroatoms. The summed E-state index contributed by atoms with van der Waals surface area (Å²) in [4.78, 5) is 43.8. The van der Waals surface area contributed by atoms with Gasteiger partial charge in [-0.25, -0.2) is 9.78 Å². The number of aromatic amines is 1. The molecule has 144 valence electrons. The van der Waals surface area contributed by atoms with Gasteiger partial charge in [0.1, 0.15) is 5.00 Å². The molecular formula is C18H21N3O4S2. The Morgan fingerprint density at radius 3 is 3.04 bits per heavy atom. The number of ether oxygens (including phenoxy) is 1. The number of carbonyl (C=O) groups excluding carboxylic acids is 2. The second-order valence-corrected chi connectivity index (χ2v) is 8.42. The normalized spacial score (nSPS) is 15.9. The van der Waals surface area contributed by atoms with E-state index in [2.05, 4.69) is 22.2 Å². The molecule has 1 atom stereocenters. The van der Waals surface area contributed by atoms with E-state index in [-0.39, 0.29) is 29.8 Å². The highest BCUT2D eigenvalue weighted by Gasteiger charge is 2.29. The molecule has 0 saturated heterocycles. The molecule has 1 amide bonds. The van der Waals surface area contributed by atoms with Crippen LogP contribution in [0.15, 0.2) is 22.2 Å². The van der Waals surface area contributed by atoms with Gasteiger partial charge in [-0.3, -0.25) is 9.59 Å². The first-order chi connectivity index (χ1) is 13.0. The van der Waals surface area contributed by atoms with Crippen molar-refractivity contribution in [1.82, 2.24) is 9.97 Å². The molecule has 0 radical (unpaired) electrons. The fourth-order valence-corrected chi connectivity index (χ4v) is 5.04. The molecule has 0 spiro atoms. The molecular weight excluding hydrogens is 386 g/mol. The lowest BCUT2D eigenvalue weighted by atomic mass is 9.88. The molecule has 3 rings (SSSR count). The van der Waals surface area contributed by atoms with Gasteiger partial charge in [0.15, 0.2) is 5.16 Å². The van der Waals surface area contributed by atoms with Gasteiger partial charge in [-0.1, -0.05) is 18.7 Å². The number of nitrogens with zero attached hydrogens (tertiary/aromatic N) is 1. The molecule has 1 aliphatic carbocycles. The standard InChI is InChI=1S/C18H21N3O4S2/c1-3-25-17(24)15-11-5-4-10(2)8-12(11)27-16(15)20-14(23)9-26-18-19-7-6-13(22)21-18/h6-7,10H,3-5,8-9H2,1-2H3,(H,20,23)(H,19,21,22)/t10-/m1/s1. The first kappa shape index (κ1) is 19.6. The third kappa shape index (κ3) is 4.78. The summed E-state index contributed by atoms with van der Waals surface area (Å²) in [6, 6.07) is 1.31. The highest BCUT2D eigenvalue weighted by Crippen LogP contribution is 2.40. The molecule has 2 aromatic rings. The van der Waals surface area contributed by atoms with Crippen LogP contribution in [0.25, 0.3) is 0 Å². The quantitative estimate of drug-likeness (QED) is 0.434. The zero-order chi connectivity index (χ0) is 19.4. The third-order valence-electron chi connectivity index (χ3n) is 4.23. The molecule has 2 N–H and O–H groups in total. The molecule has 7 nitrogen and oxygen atoms in total. The number of esters is 1. The monoisotopic (exact) mass is 407 g/mol. The van der Waals surface area contributed by atoms with Crippen molar-refractivity contribution >= 4 is 40.0 Å². The van der Waals surface area contributed by atoms with E-state index in [1.54, 1.807) is 6.92 Å². The van der Waals surface area contributed by atoms with Crippen LogP contribution in [0, 0.1) is 5.92 Å². The van der Waals surface area contributed by atoms with Crippen LogP contribution in [-0.4, -0.2) is 34.2 Å². The Morgan fingerprint density at radius 2 is 2.30 bits per heavy atom. The molecule has 1 aliphatic rings. The second kappa shape index (κ2) is 8.71. The molecule has 27 heavy (non-hydrogen) atoms. The van der Waals surface area contributed by atoms with Gasteiger partial charge in [0.25, 0.3) is 5.56 Å². The van der Waals surface area contributed by atoms with Crippen molar-refractivity contribution in [2.24, 2.45) is 5.92 Å². The Hall–Kier alpha value is -2.13. The number of fused-ring (bicyclic) bond motifs is 1. The highest BCUT2D eigenvalue weighted by molar-refractivity contribution is 7.99. The van der Waals surface area contributed by atoms with E-state index >= 15 is 0 Å². The van der Waals surface area contributed by atoms with Crippen molar-refractivity contribution in [1.29, 1.82) is 0 Å². The first-order valence-electron chi connectivity index (χ1n) is 8.77. The number of amides is 1. The lowest BCUT2D eigenvalue weighted by Crippen LogP contribution is -2.18. The number of H-pyrrole nitrogens is 1. The smallest absolute Gasteiger partial charge is 0.341 e. The summed E-state index contributed by atoms with van der Waals surface area (Å²) in [5.41, 5.74) is 1.24. The molecule has 0 bridgehead atoms. The summed E-state index contributed by atoms with van der Waals surface area (Å²) in [5.74, 6) is -0.00897. The lowest BCUT2D eigenvalue weighted by molar-refractivity contribution is -0.113. The molecule has 2 aromatic heterocycles. The minimum atomic E-state index is -0.387. The van der Waals surface area contributed by atoms with Gasteiger partial charge in [0.05, 0.1) is 17.9 Å². The van der Waals surface area contributed by atoms with E-state index < -0.39 is 0 Å². The minimum absolute atomic E-state index is 0.0776. The van der Waals surface area contributed by atoms with E-state index in [4.69, 9.17) is 4.74 Å². The molecule has 0 unspecified atom stereocenters. The summed E-state index contributed by atoms with van der Waals surface area (Å²) in [6.07, 6.45) is 4.14. The number of thioether (sulfide) groups is 1. The number of anilines is 1. The lowest BCUT2D eigenvalue weighted by Gasteiger charge is -2.18. The minimum Gasteiger partial charge on any atom is -0.462 e. The Morgan fingerprint density at radius 1 is 1.48 bits per heavy atom. The maximum Gasteiger partial charge on any atom is 0.341 e. The average Bonchev–Trinajstić information content (AvgIpc) is 2.97. The van der Waals surface area contributed by atoms with E-state index in [9.17, 15) is 14.4 Å². The highest BCUT2D eigenvalue weighted by atomic mass is 32.2. The van der Waals surface area contributed by atoms with Crippen LogP contribution >= 0.6 is 23.1 Å². The van der Waals surface area contributed by atoms with Crippen molar-refractivity contribution in [3.63, 3.8) is 0 Å². The summed E-state index contributed by atoms with van der Waals surface area (Å²) in [5, 5.41) is 3.77. The van der Waals surface area contributed by atoms with E-state index in [1.807, 2.05) is 0 Å². The van der Waals surface area contributed by atoms with Gasteiger partial charge in [-0.05, 0) is 37.7 Å². The van der Waals surface area contributed by atoms with Crippen LogP contribution in [0.1, 0.15) is 41.1 Å². The van der Waals surface area contributed by atoms with Crippen molar-refractivity contribution in [2.75, 3.05) is 17.7 Å². The van der Waals surface area contributed by atoms with Gasteiger partial charge < -0.3 is 15.0 Å². The number of aromatic nitrogens is 2. The van der Waals surface area contributed by atoms with Gasteiger partial charge >= 0.3 is 5.97 Å². The van der Waals surface area contributed by atoms with Crippen molar-refractivity contribution in [3.8, 4) is 0 Å². The predicted molar refractivity (Wildman–Crippen MR) is 106 cm³/mol. The molecule has 0 saturated carbocycles. The fraction of sp³-hybridized carbons (Fsp3) is 0.444. The Kier molecular flexibility index (Phi) is 6.33. The number of carbonyl (C=O) groups is 2. The topological polar surface area (TPSA) is 101 Å². The van der Waals surface area contributed by atoms with Crippen LogP contribution in [0.5, 0.6) is 0 Å². The van der Waals surface area contributed by atoms with Crippen LogP contribution in [-0.2, 0) is 22.4 Å². The van der Waals surface area contributed by atoms with Crippen LogP contribution in [0.3, 0.4) is 0 Å². The maximum absolute atomic E-state index is 12.5. The number of hydrogen-bond donors (Lipinski definition) is 2. The van der Waals surface area contributed by atoms with Gasteiger partial charge in [-0.15, -0.1) is 11.3 Å². The van der Waals surface area contributed by atoms with Crippen LogP contribution < -0.4 is 10.9 Å². The first-order valence-corrected chi connectivity index (χ1v) is 10.6. The average molecular weight is 408 g/mol. The van der Waals surface area contributed by atoms with E-state index in [0.717, 1.165) is 41.5 Å². The van der Waals surface area contributed by atoms with E-state index in [0.29, 0.717) is 21.6 Å². The van der Waals surface area contributed by atoms with Crippen molar-refractivity contribution in [3.05, 3.63) is 38.6 Å². The Bertz CT molecular complexity index is 906. The summed E-state index contributed by atoms with van der Waals surface area (Å²) < 4.78 is 5.21. The predicted octanol–water partition coefficient (Wildman–Crippen LogP) is 2.86. The van der Waals surface area contributed by atoms with Gasteiger partial charge in [0, 0.05) is 17.1 Å². The van der Waals surface area contributed by atoms with Crippen LogP contribution in [0.2, 0.25) is 0 Å².